The zero-order valence-corrected chi connectivity index (χ0v) is 11.2. The normalized spacial score (nSPS) is 10.4. The van der Waals surface area contributed by atoms with Crippen molar-refractivity contribution in [2.75, 3.05) is 11.1 Å². The molecule has 1 amide bonds. The van der Waals surface area contributed by atoms with Crippen LogP contribution in [0.3, 0.4) is 0 Å². The molecule has 18 heavy (non-hydrogen) atoms. The van der Waals surface area contributed by atoms with Gasteiger partial charge in [0.05, 0.1) is 22.7 Å². The van der Waals surface area contributed by atoms with Gasteiger partial charge in [-0.25, -0.2) is 4.98 Å². The summed E-state index contributed by atoms with van der Waals surface area (Å²) in [6.07, 6.45) is 2.00. The Hall–Kier alpha value is -1.56. The highest BCUT2D eigenvalue weighted by molar-refractivity contribution is 7.99. The fourth-order valence-corrected chi connectivity index (χ4v) is 1.82. The van der Waals surface area contributed by atoms with E-state index in [4.69, 9.17) is 5.11 Å². The van der Waals surface area contributed by atoms with Gasteiger partial charge >= 0.3 is 5.97 Å². The second-order valence-corrected chi connectivity index (χ2v) is 5.21. The highest BCUT2D eigenvalue weighted by Crippen LogP contribution is 2.17. The topological polar surface area (TPSA) is 79.3 Å². The van der Waals surface area contributed by atoms with Crippen molar-refractivity contribution in [1.29, 1.82) is 0 Å². The summed E-state index contributed by atoms with van der Waals surface area (Å²) in [7, 11) is 0. The van der Waals surface area contributed by atoms with Crippen LogP contribution in [0.2, 0.25) is 0 Å². The first-order valence-electron chi connectivity index (χ1n) is 5.58. The van der Waals surface area contributed by atoms with Crippen molar-refractivity contribution in [2.45, 2.75) is 25.3 Å². The van der Waals surface area contributed by atoms with Crippen LogP contribution in [0.15, 0.2) is 23.4 Å². The summed E-state index contributed by atoms with van der Waals surface area (Å²) < 4.78 is 0. The number of carboxylic acid groups (broad SMARTS) is 1. The molecule has 0 radical (unpaired) electrons. The van der Waals surface area contributed by atoms with Crippen molar-refractivity contribution in [3.05, 3.63) is 18.3 Å². The number of aromatic nitrogens is 1. The first kappa shape index (κ1) is 14.5. The molecule has 0 aliphatic rings. The number of carbonyl (C=O) groups excluding carboxylic acids is 1. The minimum Gasteiger partial charge on any atom is -0.481 e. The lowest BCUT2D eigenvalue weighted by molar-refractivity contribution is -0.133. The third kappa shape index (κ3) is 5.67. The predicted molar refractivity (Wildman–Crippen MR) is 70.7 cm³/mol. The van der Waals surface area contributed by atoms with Crippen LogP contribution in [0.4, 0.5) is 5.69 Å². The average Bonchev–Trinajstić information content (AvgIpc) is 2.26. The molecule has 0 aliphatic heterocycles. The van der Waals surface area contributed by atoms with Gasteiger partial charge in [0.1, 0.15) is 0 Å². The number of carbonyl (C=O) groups is 2. The fourth-order valence-electron chi connectivity index (χ4n) is 1.26. The van der Waals surface area contributed by atoms with E-state index in [9.17, 15) is 9.59 Å². The first-order valence-corrected chi connectivity index (χ1v) is 6.56. The van der Waals surface area contributed by atoms with Gasteiger partial charge in [-0.3, -0.25) is 9.59 Å². The van der Waals surface area contributed by atoms with Crippen LogP contribution in [-0.4, -0.2) is 27.7 Å². The van der Waals surface area contributed by atoms with Crippen LogP contribution in [0, 0.1) is 5.92 Å². The smallest absolute Gasteiger partial charge is 0.313 e. The van der Waals surface area contributed by atoms with Crippen molar-refractivity contribution < 1.29 is 14.7 Å². The molecule has 98 valence electrons. The van der Waals surface area contributed by atoms with E-state index in [0.29, 0.717) is 23.1 Å². The molecule has 1 aromatic rings. The summed E-state index contributed by atoms with van der Waals surface area (Å²) in [6, 6.07) is 3.41. The molecular formula is C12H16N2O3S. The Bertz CT molecular complexity index is 418. The third-order valence-corrected chi connectivity index (χ3v) is 2.89. The van der Waals surface area contributed by atoms with Crippen LogP contribution in [0.25, 0.3) is 0 Å². The van der Waals surface area contributed by atoms with Gasteiger partial charge in [-0.15, -0.1) is 0 Å². The van der Waals surface area contributed by atoms with E-state index in [1.54, 1.807) is 12.1 Å². The molecule has 6 heteroatoms. The number of anilines is 1. The number of rotatable bonds is 6. The molecule has 5 nitrogen and oxygen atoms in total. The van der Waals surface area contributed by atoms with E-state index in [0.717, 1.165) is 11.8 Å². The summed E-state index contributed by atoms with van der Waals surface area (Å²) in [5, 5.41) is 11.9. The van der Waals surface area contributed by atoms with E-state index in [-0.39, 0.29) is 11.7 Å². The second kappa shape index (κ2) is 7.00. The Labute approximate surface area is 110 Å². The van der Waals surface area contributed by atoms with Gasteiger partial charge in [0.15, 0.2) is 0 Å². The zero-order chi connectivity index (χ0) is 13.5. The lowest BCUT2D eigenvalue weighted by atomic mass is 10.1. The lowest BCUT2D eigenvalue weighted by Gasteiger charge is -2.07. The number of thioether (sulfide) groups is 1. The molecule has 2 N–H and O–H groups in total. The molecule has 0 fully saturated rings. The monoisotopic (exact) mass is 268 g/mol. The maximum atomic E-state index is 11.5. The largest absolute Gasteiger partial charge is 0.481 e. The van der Waals surface area contributed by atoms with E-state index in [1.165, 1.54) is 6.20 Å². The van der Waals surface area contributed by atoms with Gasteiger partial charge in [-0.1, -0.05) is 25.6 Å². The number of amides is 1. The maximum Gasteiger partial charge on any atom is 0.313 e. The standard InChI is InChI=1S/C12H16N2O3S/c1-8(2)5-10(15)14-9-3-4-11(13-6-9)18-7-12(16)17/h3-4,6,8H,5,7H2,1-2H3,(H,14,15)(H,16,17). The first-order chi connectivity index (χ1) is 8.47. The maximum absolute atomic E-state index is 11.5. The fraction of sp³-hybridized carbons (Fsp3) is 0.417. The molecule has 0 aliphatic carbocycles. The van der Waals surface area contributed by atoms with Gasteiger partial charge < -0.3 is 10.4 Å². The average molecular weight is 268 g/mol. The highest BCUT2D eigenvalue weighted by atomic mass is 32.2. The molecule has 0 spiro atoms. The summed E-state index contributed by atoms with van der Waals surface area (Å²) in [5.74, 6) is -0.635. The Kier molecular flexibility index (Phi) is 5.64. The van der Waals surface area contributed by atoms with Crippen molar-refractivity contribution in [2.24, 2.45) is 5.92 Å². The predicted octanol–water partition coefficient (Wildman–Crippen LogP) is 2.24. The van der Waals surface area contributed by atoms with E-state index in [2.05, 4.69) is 10.3 Å². The third-order valence-electron chi connectivity index (χ3n) is 1.96. The Balaban J connectivity index is 2.49. The highest BCUT2D eigenvalue weighted by Gasteiger charge is 2.06. The zero-order valence-electron chi connectivity index (χ0n) is 10.3. The quantitative estimate of drug-likeness (QED) is 0.773. The number of nitrogens with one attached hydrogen (secondary N) is 1. The summed E-state index contributed by atoms with van der Waals surface area (Å²) >= 11 is 1.14. The SMILES string of the molecule is CC(C)CC(=O)Nc1ccc(SCC(=O)O)nc1. The second-order valence-electron chi connectivity index (χ2n) is 4.21. The molecular weight excluding hydrogens is 252 g/mol. The van der Waals surface area contributed by atoms with E-state index in [1.807, 2.05) is 13.8 Å². The number of hydrogen-bond donors (Lipinski definition) is 2. The summed E-state index contributed by atoms with van der Waals surface area (Å²) in [5.41, 5.74) is 0.625. The van der Waals surface area contributed by atoms with E-state index < -0.39 is 5.97 Å². The molecule has 0 bridgehead atoms. The van der Waals surface area contributed by atoms with Gasteiger partial charge in [0.25, 0.3) is 0 Å². The lowest BCUT2D eigenvalue weighted by Crippen LogP contribution is -2.13. The Morgan fingerprint density at radius 2 is 2.17 bits per heavy atom. The van der Waals surface area contributed by atoms with Crippen LogP contribution in [0.1, 0.15) is 20.3 Å². The molecule has 1 heterocycles. The van der Waals surface area contributed by atoms with Gasteiger partial charge in [0.2, 0.25) is 5.91 Å². The molecule has 0 atom stereocenters. The minimum absolute atomic E-state index is 0.0218. The molecule has 0 saturated carbocycles. The van der Waals surface area contributed by atoms with Crippen LogP contribution in [-0.2, 0) is 9.59 Å². The van der Waals surface area contributed by atoms with Crippen molar-refractivity contribution in [3.63, 3.8) is 0 Å². The minimum atomic E-state index is -0.879. The van der Waals surface area contributed by atoms with Crippen LogP contribution < -0.4 is 5.32 Å². The Morgan fingerprint density at radius 3 is 2.67 bits per heavy atom. The van der Waals surface area contributed by atoms with E-state index >= 15 is 0 Å². The van der Waals surface area contributed by atoms with Crippen molar-refractivity contribution in [1.82, 2.24) is 4.98 Å². The molecule has 1 rings (SSSR count). The molecule has 0 unspecified atom stereocenters. The van der Waals surface area contributed by atoms with Crippen molar-refractivity contribution >= 4 is 29.3 Å². The van der Waals surface area contributed by atoms with Crippen LogP contribution in [0.5, 0.6) is 0 Å². The van der Waals surface area contributed by atoms with Crippen LogP contribution >= 0.6 is 11.8 Å². The molecule has 1 aromatic heterocycles. The number of aliphatic carboxylic acids is 1. The summed E-state index contributed by atoms with van der Waals surface area (Å²) in [4.78, 5) is 26.0. The van der Waals surface area contributed by atoms with Gasteiger partial charge in [-0.2, -0.15) is 0 Å². The number of hydrogen-bond acceptors (Lipinski definition) is 4. The van der Waals surface area contributed by atoms with Gasteiger partial charge in [0, 0.05) is 6.42 Å². The molecule has 0 aromatic carbocycles. The number of carboxylic acids is 1. The van der Waals surface area contributed by atoms with Crippen molar-refractivity contribution in [3.8, 4) is 0 Å². The van der Waals surface area contributed by atoms with Gasteiger partial charge in [-0.05, 0) is 18.1 Å². The molecule has 0 saturated heterocycles. The summed E-state index contributed by atoms with van der Waals surface area (Å²) in [6.45, 7) is 3.95. The number of nitrogens with zero attached hydrogens (tertiary/aromatic N) is 1. The number of pyridine rings is 1. The Morgan fingerprint density at radius 1 is 1.44 bits per heavy atom.